The van der Waals surface area contributed by atoms with Gasteiger partial charge >= 0.3 is 26.2 Å². The van der Waals surface area contributed by atoms with E-state index in [9.17, 15) is 4.79 Å². The Hall–Kier alpha value is -0.150. The summed E-state index contributed by atoms with van der Waals surface area (Å²) in [7, 11) is -1.54. The standard InChI is InChI=1S/C23H35NOSi.2ClH.Zr/c1-13(2)19-11-10-12-20(14(3)4)21(19)23(25)24-26(9)22-17(7)15(5)16(6)18(22)8;;;/h10-14,17,26H,1-9H3,(H,24,25);2*1H;/q;;;+2/p-2. The summed E-state index contributed by atoms with van der Waals surface area (Å²) in [6, 6.07) is 6.30. The zero-order valence-corrected chi connectivity index (χ0v) is 24.3. The molecule has 6 heteroatoms. The number of hydrogen-bond donors (Lipinski definition) is 1. The molecule has 160 valence electrons. The number of nitrogens with one attached hydrogen (secondary N) is 1. The molecule has 2 atom stereocenters. The fourth-order valence-electron chi connectivity index (χ4n) is 4.25. The van der Waals surface area contributed by atoms with E-state index in [1.54, 1.807) is 0 Å². The molecule has 0 aliphatic heterocycles. The van der Waals surface area contributed by atoms with Crippen LogP contribution >= 0.6 is 0 Å². The molecule has 0 saturated carbocycles. The van der Waals surface area contributed by atoms with Gasteiger partial charge in [0.1, 0.15) is 0 Å². The van der Waals surface area contributed by atoms with E-state index in [2.05, 4.69) is 85.1 Å². The molecule has 0 radical (unpaired) electrons. The second-order valence-electron chi connectivity index (χ2n) is 8.43. The van der Waals surface area contributed by atoms with Crippen LogP contribution in [0, 0.1) is 5.92 Å². The van der Waals surface area contributed by atoms with Crippen molar-refractivity contribution in [3.05, 3.63) is 56.8 Å². The van der Waals surface area contributed by atoms with Crippen molar-refractivity contribution in [2.45, 2.75) is 73.8 Å². The van der Waals surface area contributed by atoms with Crippen LogP contribution in [0.3, 0.4) is 0 Å². The van der Waals surface area contributed by atoms with Gasteiger partial charge in [0, 0.05) is 5.56 Å². The third-order valence-electron chi connectivity index (χ3n) is 6.12. The molecule has 1 N–H and O–H groups in total. The van der Waals surface area contributed by atoms with Gasteiger partial charge in [-0.05, 0) is 55.2 Å². The fraction of sp³-hybridized carbons (Fsp3) is 0.522. The summed E-state index contributed by atoms with van der Waals surface area (Å²) in [5, 5.41) is 1.49. The fourth-order valence-corrected chi connectivity index (χ4v) is 6.81. The van der Waals surface area contributed by atoms with E-state index in [1.165, 1.54) is 21.9 Å². The first-order valence-corrected chi connectivity index (χ1v) is 12.2. The van der Waals surface area contributed by atoms with Crippen LogP contribution in [-0.2, 0) is 26.2 Å². The zero-order valence-electron chi connectivity index (χ0n) is 19.2. The maximum atomic E-state index is 13.3. The third kappa shape index (κ3) is 6.42. The molecule has 0 bridgehead atoms. The predicted molar refractivity (Wildman–Crippen MR) is 115 cm³/mol. The number of halogens is 2. The Morgan fingerprint density at radius 1 is 0.966 bits per heavy atom. The number of allylic oxidation sites excluding steroid dienone is 4. The second kappa shape index (κ2) is 12.6. The van der Waals surface area contributed by atoms with Gasteiger partial charge in [0.25, 0.3) is 0 Å². The van der Waals surface area contributed by atoms with E-state index < -0.39 is 8.96 Å². The quantitative estimate of drug-likeness (QED) is 0.527. The molecule has 1 aromatic carbocycles. The number of carbonyl (C=O) groups excluding carboxylic acids is 1. The molecule has 0 heterocycles. The van der Waals surface area contributed by atoms with E-state index >= 15 is 0 Å². The molecule has 2 rings (SSSR count). The van der Waals surface area contributed by atoms with E-state index in [4.69, 9.17) is 0 Å². The van der Waals surface area contributed by atoms with Crippen LogP contribution in [0.15, 0.2) is 40.1 Å². The SMILES string of the molecule is CC1=C(C)C(C)C([SiH](C)NC(=O)c2c(C(C)C)cccc2C(C)C)=C1C.[Cl-].[Cl-].[Zr+2]. The molecule has 2 unspecified atom stereocenters. The van der Waals surface area contributed by atoms with Crippen LogP contribution < -0.4 is 29.8 Å². The Labute approximate surface area is 211 Å². The molecule has 0 fully saturated rings. The first-order chi connectivity index (χ1) is 12.1. The summed E-state index contributed by atoms with van der Waals surface area (Å²) >= 11 is 0. The molecular formula is C23H35Cl2NOSiZr. The van der Waals surface area contributed by atoms with Gasteiger partial charge in [-0.15, -0.1) is 0 Å². The van der Waals surface area contributed by atoms with E-state index in [0.29, 0.717) is 17.8 Å². The van der Waals surface area contributed by atoms with E-state index in [1.807, 2.05) is 0 Å². The molecule has 0 saturated heterocycles. The maximum absolute atomic E-state index is 13.3. The predicted octanol–water partition coefficient (Wildman–Crippen LogP) is -0.136. The van der Waals surface area contributed by atoms with Crippen LogP contribution in [0.25, 0.3) is 0 Å². The van der Waals surface area contributed by atoms with Crippen molar-refractivity contribution in [3.63, 3.8) is 0 Å². The minimum atomic E-state index is -1.54. The topological polar surface area (TPSA) is 29.1 Å². The first kappa shape index (κ1) is 31.0. The monoisotopic (exact) mass is 529 g/mol. The normalized spacial score (nSPS) is 17.0. The summed E-state index contributed by atoms with van der Waals surface area (Å²) in [6.45, 7) is 19.9. The molecule has 1 amide bonds. The van der Waals surface area contributed by atoms with Crippen molar-refractivity contribution in [1.82, 2.24) is 4.98 Å². The zero-order chi connectivity index (χ0) is 19.8. The van der Waals surface area contributed by atoms with Gasteiger partial charge in [-0.3, -0.25) is 4.79 Å². The van der Waals surface area contributed by atoms with E-state index in [-0.39, 0.29) is 56.9 Å². The molecule has 1 aliphatic carbocycles. The summed E-state index contributed by atoms with van der Waals surface area (Å²) < 4.78 is 0. The Kier molecular flexibility index (Phi) is 13.5. The summed E-state index contributed by atoms with van der Waals surface area (Å²) in [6.07, 6.45) is 0. The van der Waals surface area contributed by atoms with Crippen LogP contribution in [0.4, 0.5) is 0 Å². The molecule has 0 spiro atoms. The van der Waals surface area contributed by atoms with Crippen molar-refractivity contribution in [2.24, 2.45) is 5.92 Å². The summed E-state index contributed by atoms with van der Waals surface area (Å²) in [5.41, 5.74) is 7.48. The molecule has 29 heavy (non-hydrogen) atoms. The Morgan fingerprint density at radius 3 is 1.76 bits per heavy atom. The van der Waals surface area contributed by atoms with Gasteiger partial charge in [-0.1, -0.05) is 75.7 Å². The van der Waals surface area contributed by atoms with Gasteiger partial charge in [-0.2, -0.15) is 0 Å². The second-order valence-corrected chi connectivity index (χ2v) is 10.8. The minimum Gasteiger partial charge on any atom is -1.00 e. The van der Waals surface area contributed by atoms with E-state index in [0.717, 1.165) is 16.7 Å². The van der Waals surface area contributed by atoms with Crippen LogP contribution in [-0.4, -0.2) is 14.9 Å². The van der Waals surface area contributed by atoms with Crippen LogP contribution in [0.1, 0.15) is 88.7 Å². The van der Waals surface area contributed by atoms with Crippen molar-refractivity contribution in [3.8, 4) is 0 Å². The van der Waals surface area contributed by atoms with Crippen LogP contribution in [0.5, 0.6) is 0 Å². The Balaban J connectivity index is 0. The number of rotatable bonds is 5. The number of hydrogen-bond acceptors (Lipinski definition) is 1. The van der Waals surface area contributed by atoms with Crippen molar-refractivity contribution in [1.29, 1.82) is 0 Å². The van der Waals surface area contributed by atoms with Gasteiger partial charge in [0.2, 0.25) is 5.91 Å². The number of benzene rings is 1. The average Bonchev–Trinajstić information content (AvgIpc) is 2.77. The van der Waals surface area contributed by atoms with Gasteiger partial charge < -0.3 is 29.8 Å². The maximum Gasteiger partial charge on any atom is 2.00 e. The van der Waals surface area contributed by atoms with Crippen LogP contribution in [0.2, 0.25) is 6.55 Å². The Morgan fingerprint density at radius 2 is 1.41 bits per heavy atom. The molecule has 1 aromatic rings. The minimum absolute atomic E-state index is 0. The average molecular weight is 532 g/mol. The largest absolute Gasteiger partial charge is 2.00 e. The molecule has 0 aromatic heterocycles. The summed E-state index contributed by atoms with van der Waals surface area (Å²) in [5.74, 6) is 1.25. The summed E-state index contributed by atoms with van der Waals surface area (Å²) in [4.78, 5) is 16.8. The molecule has 1 aliphatic rings. The Bertz CT molecular complexity index is 761. The molecule has 2 nitrogen and oxygen atoms in total. The van der Waals surface area contributed by atoms with Gasteiger partial charge in [0.15, 0.2) is 8.96 Å². The smallest absolute Gasteiger partial charge is 1.00 e. The van der Waals surface area contributed by atoms with Crippen molar-refractivity contribution < 1.29 is 55.8 Å². The van der Waals surface area contributed by atoms with Crippen molar-refractivity contribution >= 4 is 14.9 Å². The molecular weight excluding hydrogens is 496 g/mol. The van der Waals surface area contributed by atoms with Gasteiger partial charge in [0.05, 0.1) is 0 Å². The third-order valence-corrected chi connectivity index (χ3v) is 8.68. The number of carbonyl (C=O) groups is 1. The first-order valence-electron chi connectivity index (χ1n) is 9.89. The van der Waals surface area contributed by atoms with Gasteiger partial charge in [-0.25, -0.2) is 0 Å². The van der Waals surface area contributed by atoms with Crippen molar-refractivity contribution in [2.75, 3.05) is 0 Å². The number of amides is 1.